The van der Waals surface area contributed by atoms with Crippen molar-refractivity contribution in [3.05, 3.63) is 21.0 Å². The van der Waals surface area contributed by atoms with E-state index in [0.29, 0.717) is 10.5 Å². The number of nitrogens with one attached hydrogen (secondary N) is 2. The quantitative estimate of drug-likeness (QED) is 0.902. The topological polar surface area (TPSA) is 57.8 Å². The van der Waals surface area contributed by atoms with E-state index in [-0.39, 0.29) is 5.56 Å². The van der Waals surface area contributed by atoms with E-state index in [2.05, 4.69) is 38.4 Å². The van der Waals surface area contributed by atoms with Gasteiger partial charge in [-0.05, 0) is 34.7 Å². The molecule has 1 fully saturated rings. The van der Waals surface area contributed by atoms with Gasteiger partial charge >= 0.3 is 0 Å². The van der Waals surface area contributed by atoms with Crippen LogP contribution in [-0.4, -0.2) is 16.2 Å². The molecular weight excluding hydrogens is 282 g/mol. The van der Waals surface area contributed by atoms with E-state index in [1.807, 2.05) is 0 Å². The number of anilines is 1. The number of hydrogen-bond acceptors (Lipinski definition) is 3. The average Bonchev–Trinajstić information content (AvgIpc) is 2.35. The first kappa shape index (κ1) is 12.6. The molecule has 0 aliphatic heterocycles. The summed E-state index contributed by atoms with van der Waals surface area (Å²) in [6.45, 7) is 2.25. The first-order valence-corrected chi connectivity index (χ1v) is 6.99. The van der Waals surface area contributed by atoms with Crippen LogP contribution >= 0.6 is 15.9 Å². The minimum absolute atomic E-state index is 0.183. The van der Waals surface area contributed by atoms with Crippen LogP contribution in [0.15, 0.2) is 15.5 Å². The first-order chi connectivity index (χ1) is 8.20. The Morgan fingerprint density at radius 2 is 2.41 bits per heavy atom. The molecule has 0 saturated heterocycles. The van der Waals surface area contributed by atoms with Gasteiger partial charge < -0.3 is 5.32 Å². The van der Waals surface area contributed by atoms with Crippen molar-refractivity contribution in [2.75, 3.05) is 5.32 Å². The highest BCUT2D eigenvalue weighted by Gasteiger charge is 2.21. The molecule has 1 aromatic heterocycles. The summed E-state index contributed by atoms with van der Waals surface area (Å²) in [6, 6.07) is 0.466. The number of aromatic nitrogens is 2. The molecule has 0 aromatic carbocycles. The second kappa shape index (κ2) is 5.67. The summed E-state index contributed by atoms with van der Waals surface area (Å²) in [5.74, 6) is 0.815. The Balaban J connectivity index is 2.05. The van der Waals surface area contributed by atoms with Crippen molar-refractivity contribution in [3.63, 3.8) is 0 Å². The molecule has 94 valence electrons. The van der Waals surface area contributed by atoms with Gasteiger partial charge in [0.25, 0.3) is 5.56 Å². The van der Waals surface area contributed by atoms with Gasteiger partial charge in [-0.1, -0.05) is 26.2 Å². The van der Waals surface area contributed by atoms with Gasteiger partial charge in [0, 0.05) is 6.04 Å². The van der Waals surface area contributed by atoms with Gasteiger partial charge in [-0.15, -0.1) is 0 Å². The molecular formula is C12H18BrN3O. The summed E-state index contributed by atoms with van der Waals surface area (Å²) in [7, 11) is 0. The van der Waals surface area contributed by atoms with Crippen LogP contribution in [0.4, 0.5) is 5.69 Å². The molecule has 0 amide bonds. The van der Waals surface area contributed by atoms with Crippen molar-refractivity contribution in [1.82, 2.24) is 10.2 Å². The molecule has 1 aliphatic carbocycles. The van der Waals surface area contributed by atoms with E-state index in [4.69, 9.17) is 0 Å². The molecule has 4 nitrogen and oxygen atoms in total. The Hall–Kier alpha value is -0.840. The van der Waals surface area contributed by atoms with Gasteiger partial charge in [0.1, 0.15) is 4.47 Å². The summed E-state index contributed by atoms with van der Waals surface area (Å²) < 4.78 is 0.547. The van der Waals surface area contributed by atoms with Crippen LogP contribution in [0.2, 0.25) is 0 Å². The normalized spacial score (nSPS) is 24.6. The third-order valence-electron chi connectivity index (χ3n) is 3.52. The Labute approximate surface area is 109 Å². The number of halogens is 1. The van der Waals surface area contributed by atoms with Crippen molar-refractivity contribution in [1.29, 1.82) is 0 Å². The Bertz CT molecular complexity index is 432. The van der Waals surface area contributed by atoms with Crippen molar-refractivity contribution in [2.24, 2.45) is 5.92 Å². The summed E-state index contributed by atoms with van der Waals surface area (Å²) in [5.41, 5.74) is 0.619. The second-order valence-electron chi connectivity index (χ2n) is 4.71. The molecule has 1 aromatic rings. The highest BCUT2D eigenvalue weighted by atomic mass is 79.9. The fourth-order valence-electron chi connectivity index (χ4n) is 2.50. The second-order valence-corrected chi connectivity index (χ2v) is 5.50. The van der Waals surface area contributed by atoms with Crippen molar-refractivity contribution in [3.8, 4) is 0 Å². The van der Waals surface area contributed by atoms with Gasteiger partial charge in [0.05, 0.1) is 11.9 Å². The summed E-state index contributed by atoms with van der Waals surface area (Å²) >= 11 is 3.29. The molecule has 0 bridgehead atoms. The van der Waals surface area contributed by atoms with Crippen molar-refractivity contribution >= 4 is 21.6 Å². The van der Waals surface area contributed by atoms with E-state index >= 15 is 0 Å². The Morgan fingerprint density at radius 1 is 1.59 bits per heavy atom. The SMILES string of the molecule is CCC1CCCC(Nc2cn[nH]c(=O)c2Br)C1. The number of hydrogen-bond donors (Lipinski definition) is 2. The predicted octanol–water partition coefficient (Wildman–Crippen LogP) is 2.91. The van der Waals surface area contributed by atoms with Crippen molar-refractivity contribution < 1.29 is 0 Å². The maximum Gasteiger partial charge on any atom is 0.280 e. The van der Waals surface area contributed by atoms with Crippen LogP contribution in [0.1, 0.15) is 39.0 Å². The maximum absolute atomic E-state index is 11.4. The lowest BCUT2D eigenvalue weighted by Crippen LogP contribution is -2.28. The Morgan fingerprint density at radius 3 is 3.18 bits per heavy atom. The summed E-state index contributed by atoms with van der Waals surface area (Å²) in [5, 5.41) is 9.65. The number of nitrogens with zero attached hydrogens (tertiary/aromatic N) is 1. The summed E-state index contributed by atoms with van der Waals surface area (Å²) in [4.78, 5) is 11.4. The molecule has 17 heavy (non-hydrogen) atoms. The van der Waals surface area contributed by atoms with Gasteiger partial charge in [-0.3, -0.25) is 4.79 Å². The van der Waals surface area contributed by atoms with E-state index in [1.165, 1.54) is 32.1 Å². The lowest BCUT2D eigenvalue weighted by atomic mass is 9.84. The monoisotopic (exact) mass is 299 g/mol. The molecule has 2 rings (SSSR count). The molecule has 1 heterocycles. The zero-order chi connectivity index (χ0) is 12.3. The van der Waals surface area contributed by atoms with E-state index in [9.17, 15) is 4.79 Å². The van der Waals surface area contributed by atoms with Gasteiger partial charge in [-0.25, -0.2) is 5.10 Å². The minimum Gasteiger partial charge on any atom is -0.380 e. The number of rotatable bonds is 3. The highest BCUT2D eigenvalue weighted by molar-refractivity contribution is 9.10. The molecule has 2 unspecified atom stereocenters. The Kier molecular flexibility index (Phi) is 4.20. The van der Waals surface area contributed by atoms with E-state index in [1.54, 1.807) is 6.20 Å². The molecule has 0 spiro atoms. The van der Waals surface area contributed by atoms with E-state index in [0.717, 1.165) is 11.6 Å². The zero-order valence-electron chi connectivity index (χ0n) is 10.0. The standard InChI is InChI=1S/C12H18BrN3O/c1-2-8-4-3-5-9(6-8)15-10-7-14-16-12(17)11(10)13/h7-9H,2-6H2,1H3,(H2,15,16,17). The zero-order valence-corrected chi connectivity index (χ0v) is 11.6. The fraction of sp³-hybridized carbons (Fsp3) is 0.667. The predicted molar refractivity (Wildman–Crippen MR) is 72.2 cm³/mol. The minimum atomic E-state index is -0.183. The van der Waals surface area contributed by atoms with Gasteiger partial charge in [0.2, 0.25) is 0 Å². The van der Waals surface area contributed by atoms with Crippen LogP contribution < -0.4 is 10.9 Å². The third-order valence-corrected chi connectivity index (χ3v) is 4.30. The molecule has 1 saturated carbocycles. The smallest absolute Gasteiger partial charge is 0.280 e. The molecule has 2 N–H and O–H groups in total. The van der Waals surface area contributed by atoms with Crippen LogP contribution in [0.25, 0.3) is 0 Å². The largest absolute Gasteiger partial charge is 0.380 e. The number of aromatic amines is 1. The maximum atomic E-state index is 11.4. The third kappa shape index (κ3) is 3.09. The molecule has 2 atom stereocenters. The highest BCUT2D eigenvalue weighted by Crippen LogP contribution is 2.29. The van der Waals surface area contributed by atoms with E-state index < -0.39 is 0 Å². The summed E-state index contributed by atoms with van der Waals surface area (Å²) in [6.07, 6.45) is 7.88. The van der Waals surface area contributed by atoms with Gasteiger partial charge in [-0.2, -0.15) is 5.10 Å². The molecule has 0 radical (unpaired) electrons. The lowest BCUT2D eigenvalue weighted by Gasteiger charge is -2.29. The van der Waals surface area contributed by atoms with Crippen molar-refractivity contribution in [2.45, 2.75) is 45.1 Å². The van der Waals surface area contributed by atoms with Crippen LogP contribution in [0.5, 0.6) is 0 Å². The van der Waals surface area contributed by atoms with Crippen LogP contribution in [0.3, 0.4) is 0 Å². The molecule has 1 aliphatic rings. The molecule has 5 heteroatoms. The average molecular weight is 300 g/mol. The first-order valence-electron chi connectivity index (χ1n) is 6.20. The van der Waals surface area contributed by atoms with Crippen LogP contribution in [0, 0.1) is 5.92 Å². The van der Waals surface area contributed by atoms with Crippen LogP contribution in [-0.2, 0) is 0 Å². The fourth-order valence-corrected chi connectivity index (χ4v) is 2.80. The van der Waals surface area contributed by atoms with Gasteiger partial charge in [0.15, 0.2) is 0 Å². The number of H-pyrrole nitrogens is 1. The lowest BCUT2D eigenvalue weighted by molar-refractivity contribution is 0.327.